The highest BCUT2D eigenvalue weighted by Crippen LogP contribution is 2.28. The molecule has 2 aromatic carbocycles. The summed E-state index contributed by atoms with van der Waals surface area (Å²) in [5.41, 5.74) is 1.87. The highest BCUT2D eigenvalue weighted by molar-refractivity contribution is 6.17. The maximum atomic E-state index is 12.1. The standard InChI is InChI=1S/C15H14ClNO3/c1-20-14-6-5-12(8-13(14)18)17-15(19)11-4-2-3-10(7-11)9-16/h2-8,18H,9H2,1H3,(H,17,19). The van der Waals surface area contributed by atoms with Gasteiger partial charge in [0.05, 0.1) is 7.11 Å². The number of ether oxygens (including phenoxy) is 1. The molecule has 2 N–H and O–H groups in total. The van der Waals surface area contributed by atoms with Crippen LogP contribution in [0.25, 0.3) is 0 Å². The first-order valence-corrected chi connectivity index (χ1v) is 6.50. The van der Waals surface area contributed by atoms with Crippen molar-refractivity contribution < 1.29 is 14.6 Å². The number of carbonyl (C=O) groups is 1. The van der Waals surface area contributed by atoms with Crippen molar-refractivity contribution in [2.75, 3.05) is 12.4 Å². The molecule has 0 radical (unpaired) electrons. The molecule has 4 nitrogen and oxygen atoms in total. The Labute approximate surface area is 122 Å². The van der Waals surface area contributed by atoms with Gasteiger partial charge in [0, 0.05) is 23.2 Å². The van der Waals surface area contributed by atoms with Gasteiger partial charge in [0.1, 0.15) is 0 Å². The maximum Gasteiger partial charge on any atom is 0.255 e. The first-order chi connectivity index (χ1) is 9.63. The summed E-state index contributed by atoms with van der Waals surface area (Å²) in [6, 6.07) is 11.7. The lowest BCUT2D eigenvalue weighted by molar-refractivity contribution is 0.102. The van der Waals surface area contributed by atoms with Crippen LogP contribution in [0.1, 0.15) is 15.9 Å². The van der Waals surface area contributed by atoms with E-state index in [0.717, 1.165) is 5.56 Å². The molecule has 0 unspecified atom stereocenters. The molecule has 2 rings (SSSR count). The number of rotatable bonds is 4. The van der Waals surface area contributed by atoms with E-state index in [9.17, 15) is 9.90 Å². The summed E-state index contributed by atoms with van der Waals surface area (Å²) >= 11 is 5.74. The second kappa shape index (κ2) is 6.30. The summed E-state index contributed by atoms with van der Waals surface area (Å²) in [5, 5.41) is 12.4. The third-order valence-electron chi connectivity index (χ3n) is 2.78. The number of phenols is 1. The molecule has 104 valence electrons. The minimum absolute atomic E-state index is 0.0280. The van der Waals surface area contributed by atoms with Crippen LogP contribution in [0.15, 0.2) is 42.5 Å². The summed E-state index contributed by atoms with van der Waals surface area (Å²) in [7, 11) is 1.46. The fraction of sp³-hybridized carbons (Fsp3) is 0.133. The van der Waals surface area contributed by atoms with Gasteiger partial charge in [-0.1, -0.05) is 12.1 Å². The highest BCUT2D eigenvalue weighted by atomic mass is 35.5. The summed E-state index contributed by atoms with van der Waals surface area (Å²) < 4.78 is 4.94. The van der Waals surface area contributed by atoms with E-state index < -0.39 is 0 Å². The van der Waals surface area contributed by atoms with Gasteiger partial charge in [-0.05, 0) is 29.8 Å². The van der Waals surface area contributed by atoms with Crippen LogP contribution in [-0.2, 0) is 5.88 Å². The van der Waals surface area contributed by atoms with Crippen LogP contribution in [-0.4, -0.2) is 18.1 Å². The van der Waals surface area contributed by atoms with Gasteiger partial charge in [-0.3, -0.25) is 4.79 Å². The van der Waals surface area contributed by atoms with Gasteiger partial charge in [-0.2, -0.15) is 0 Å². The number of carbonyl (C=O) groups excluding carboxylic acids is 1. The van der Waals surface area contributed by atoms with Gasteiger partial charge in [-0.15, -0.1) is 11.6 Å². The van der Waals surface area contributed by atoms with Crippen LogP contribution in [0.3, 0.4) is 0 Å². The Morgan fingerprint density at radius 1 is 1.30 bits per heavy atom. The van der Waals surface area contributed by atoms with Crippen LogP contribution in [0.5, 0.6) is 11.5 Å². The summed E-state index contributed by atoms with van der Waals surface area (Å²) in [6.45, 7) is 0. The Bertz CT molecular complexity index is 628. The Morgan fingerprint density at radius 2 is 2.10 bits per heavy atom. The second-order valence-electron chi connectivity index (χ2n) is 4.17. The smallest absolute Gasteiger partial charge is 0.255 e. The zero-order chi connectivity index (χ0) is 14.5. The van der Waals surface area contributed by atoms with E-state index in [-0.39, 0.29) is 11.7 Å². The number of benzene rings is 2. The van der Waals surface area contributed by atoms with Crippen molar-refractivity contribution >= 4 is 23.2 Å². The predicted octanol–water partition coefficient (Wildman–Crippen LogP) is 3.39. The van der Waals surface area contributed by atoms with Crippen molar-refractivity contribution in [3.63, 3.8) is 0 Å². The molecule has 0 fully saturated rings. The summed E-state index contributed by atoms with van der Waals surface area (Å²) in [4.78, 5) is 12.1. The Kier molecular flexibility index (Phi) is 4.48. The molecule has 1 amide bonds. The lowest BCUT2D eigenvalue weighted by Crippen LogP contribution is -2.12. The number of nitrogens with one attached hydrogen (secondary N) is 1. The number of amides is 1. The average molecular weight is 292 g/mol. The van der Waals surface area contributed by atoms with Crippen molar-refractivity contribution in [1.29, 1.82) is 0 Å². The normalized spacial score (nSPS) is 10.1. The van der Waals surface area contributed by atoms with E-state index >= 15 is 0 Å². The highest BCUT2D eigenvalue weighted by Gasteiger charge is 2.08. The SMILES string of the molecule is COc1ccc(NC(=O)c2cccc(CCl)c2)cc1O. The summed E-state index contributed by atoms with van der Waals surface area (Å²) in [6.07, 6.45) is 0. The zero-order valence-electron chi connectivity index (χ0n) is 10.9. The average Bonchev–Trinajstić information content (AvgIpc) is 2.47. The van der Waals surface area contributed by atoms with Gasteiger partial charge >= 0.3 is 0 Å². The van der Waals surface area contributed by atoms with Crippen LogP contribution in [0.4, 0.5) is 5.69 Å². The molecule has 0 aliphatic rings. The van der Waals surface area contributed by atoms with Gasteiger partial charge in [-0.25, -0.2) is 0 Å². The molecular formula is C15H14ClNO3. The molecule has 0 aliphatic carbocycles. The van der Waals surface area contributed by atoms with Crippen molar-refractivity contribution in [1.82, 2.24) is 0 Å². The van der Waals surface area contributed by atoms with E-state index in [1.54, 1.807) is 30.3 Å². The Hall–Kier alpha value is -2.20. The number of halogens is 1. The third-order valence-corrected chi connectivity index (χ3v) is 3.09. The van der Waals surface area contributed by atoms with Crippen molar-refractivity contribution in [3.8, 4) is 11.5 Å². The fourth-order valence-electron chi connectivity index (χ4n) is 1.77. The van der Waals surface area contributed by atoms with Crippen molar-refractivity contribution in [3.05, 3.63) is 53.6 Å². The minimum Gasteiger partial charge on any atom is -0.504 e. The number of aromatic hydroxyl groups is 1. The lowest BCUT2D eigenvalue weighted by atomic mass is 10.1. The number of methoxy groups -OCH3 is 1. The van der Waals surface area contributed by atoms with Crippen LogP contribution >= 0.6 is 11.6 Å². The monoisotopic (exact) mass is 291 g/mol. The predicted molar refractivity (Wildman–Crippen MR) is 78.6 cm³/mol. The lowest BCUT2D eigenvalue weighted by Gasteiger charge is -2.08. The second-order valence-corrected chi connectivity index (χ2v) is 4.44. The first kappa shape index (κ1) is 14.2. The molecule has 20 heavy (non-hydrogen) atoms. The molecule has 5 heteroatoms. The largest absolute Gasteiger partial charge is 0.504 e. The van der Waals surface area contributed by atoms with Crippen LogP contribution in [0, 0.1) is 0 Å². The number of alkyl halides is 1. The molecule has 0 heterocycles. The van der Waals surface area contributed by atoms with Crippen molar-refractivity contribution in [2.45, 2.75) is 5.88 Å². The fourth-order valence-corrected chi connectivity index (χ4v) is 1.93. The van der Waals surface area contributed by atoms with Gasteiger partial charge in [0.25, 0.3) is 5.91 Å². The van der Waals surface area contributed by atoms with Gasteiger partial charge < -0.3 is 15.2 Å². The number of anilines is 1. The van der Waals surface area contributed by atoms with E-state index in [2.05, 4.69) is 5.32 Å². The molecule has 0 aliphatic heterocycles. The minimum atomic E-state index is -0.262. The molecule has 0 aromatic heterocycles. The van der Waals surface area contributed by atoms with Gasteiger partial charge in [0.15, 0.2) is 11.5 Å². The topological polar surface area (TPSA) is 58.6 Å². The molecule has 2 aromatic rings. The maximum absolute atomic E-state index is 12.1. The number of hydrogen-bond donors (Lipinski definition) is 2. The summed E-state index contributed by atoms with van der Waals surface area (Å²) in [5.74, 6) is 0.415. The Balaban J connectivity index is 2.16. The van der Waals surface area contributed by atoms with Gasteiger partial charge in [0.2, 0.25) is 0 Å². The van der Waals surface area contributed by atoms with Crippen LogP contribution in [0.2, 0.25) is 0 Å². The number of phenolic OH excluding ortho intramolecular Hbond substituents is 1. The first-order valence-electron chi connectivity index (χ1n) is 5.97. The van der Waals surface area contributed by atoms with E-state index in [4.69, 9.17) is 16.3 Å². The molecular weight excluding hydrogens is 278 g/mol. The molecule has 0 saturated heterocycles. The van der Waals surface area contributed by atoms with Crippen molar-refractivity contribution in [2.24, 2.45) is 0 Å². The van der Waals surface area contributed by atoms with E-state index in [0.29, 0.717) is 22.9 Å². The third kappa shape index (κ3) is 3.22. The van der Waals surface area contributed by atoms with E-state index in [1.165, 1.54) is 13.2 Å². The number of hydrogen-bond acceptors (Lipinski definition) is 3. The zero-order valence-corrected chi connectivity index (χ0v) is 11.6. The molecule has 0 atom stereocenters. The van der Waals surface area contributed by atoms with Crippen LogP contribution < -0.4 is 10.1 Å². The van der Waals surface area contributed by atoms with E-state index in [1.807, 2.05) is 6.07 Å². The quantitative estimate of drug-likeness (QED) is 0.849. The Morgan fingerprint density at radius 3 is 2.75 bits per heavy atom. The molecule has 0 bridgehead atoms. The molecule has 0 saturated carbocycles. The molecule has 0 spiro atoms.